The van der Waals surface area contributed by atoms with Crippen LogP contribution in [0.25, 0.3) is 0 Å². The number of methoxy groups -OCH3 is 2. The Morgan fingerprint density at radius 2 is 1.67 bits per heavy atom. The number of sulfonamides is 1. The first kappa shape index (κ1) is 14.6. The lowest BCUT2D eigenvalue weighted by molar-refractivity contribution is 0.395. The van der Waals surface area contributed by atoms with Gasteiger partial charge < -0.3 is 9.47 Å². The number of rotatable bonds is 7. The normalized spacial score (nSPS) is 11.1. The first-order valence-corrected chi connectivity index (χ1v) is 7.39. The van der Waals surface area contributed by atoms with Crippen LogP contribution in [0.1, 0.15) is 19.8 Å². The molecule has 0 aliphatic carbocycles. The summed E-state index contributed by atoms with van der Waals surface area (Å²) in [6.45, 7) is 1.95. The average molecular weight is 273 g/mol. The zero-order valence-corrected chi connectivity index (χ0v) is 11.7. The van der Waals surface area contributed by atoms with Gasteiger partial charge in [-0.25, -0.2) is 8.42 Å². The molecule has 0 radical (unpaired) electrons. The Kier molecular flexibility index (Phi) is 5.27. The minimum atomic E-state index is -3.31. The molecule has 18 heavy (non-hydrogen) atoms. The van der Waals surface area contributed by atoms with E-state index >= 15 is 0 Å². The summed E-state index contributed by atoms with van der Waals surface area (Å²) in [6.07, 6.45) is 1.47. The molecular weight excluding hydrogens is 254 g/mol. The van der Waals surface area contributed by atoms with Crippen molar-refractivity contribution in [2.45, 2.75) is 19.8 Å². The van der Waals surface area contributed by atoms with E-state index in [2.05, 4.69) is 4.72 Å². The number of anilines is 1. The quantitative estimate of drug-likeness (QED) is 0.827. The maximum atomic E-state index is 11.8. The van der Waals surface area contributed by atoms with Crippen molar-refractivity contribution in [3.8, 4) is 11.5 Å². The highest BCUT2D eigenvalue weighted by atomic mass is 32.2. The van der Waals surface area contributed by atoms with E-state index in [-0.39, 0.29) is 5.75 Å². The highest BCUT2D eigenvalue weighted by Gasteiger charge is 2.11. The van der Waals surface area contributed by atoms with Gasteiger partial charge in [0.05, 0.1) is 25.7 Å². The van der Waals surface area contributed by atoms with Crippen LogP contribution >= 0.6 is 0 Å². The SMILES string of the molecule is CCCCS(=O)(=O)Nc1cc(OC)cc(OC)c1. The van der Waals surface area contributed by atoms with Gasteiger partial charge in [-0.3, -0.25) is 4.72 Å². The third-order valence-electron chi connectivity index (χ3n) is 2.39. The Balaban J connectivity index is 2.89. The Bertz CT molecular complexity index is 463. The lowest BCUT2D eigenvalue weighted by Crippen LogP contribution is -2.16. The molecule has 0 saturated carbocycles. The van der Waals surface area contributed by atoms with Crippen molar-refractivity contribution in [2.24, 2.45) is 0 Å². The molecule has 0 atom stereocenters. The molecule has 0 unspecified atom stereocenters. The van der Waals surface area contributed by atoms with Crippen LogP contribution in [-0.2, 0) is 10.0 Å². The summed E-state index contributed by atoms with van der Waals surface area (Å²) in [5.41, 5.74) is 0.447. The Morgan fingerprint density at radius 3 is 2.11 bits per heavy atom. The van der Waals surface area contributed by atoms with E-state index in [1.54, 1.807) is 18.2 Å². The Morgan fingerprint density at radius 1 is 1.11 bits per heavy atom. The molecule has 0 aliphatic heterocycles. The number of ether oxygens (including phenoxy) is 2. The van der Waals surface area contributed by atoms with Crippen molar-refractivity contribution in [2.75, 3.05) is 24.7 Å². The van der Waals surface area contributed by atoms with Crippen molar-refractivity contribution in [1.82, 2.24) is 0 Å². The maximum absolute atomic E-state index is 11.8. The second-order valence-corrected chi connectivity index (χ2v) is 5.72. The van der Waals surface area contributed by atoms with Gasteiger partial charge in [0.25, 0.3) is 0 Å². The number of hydrogen-bond acceptors (Lipinski definition) is 4. The van der Waals surface area contributed by atoms with Crippen LogP contribution in [0.4, 0.5) is 5.69 Å². The van der Waals surface area contributed by atoms with E-state index in [9.17, 15) is 8.42 Å². The van der Waals surface area contributed by atoms with Gasteiger partial charge >= 0.3 is 0 Å². The van der Waals surface area contributed by atoms with E-state index in [0.717, 1.165) is 6.42 Å². The fourth-order valence-corrected chi connectivity index (χ4v) is 2.68. The molecule has 0 amide bonds. The maximum Gasteiger partial charge on any atom is 0.232 e. The van der Waals surface area contributed by atoms with Crippen molar-refractivity contribution in [3.63, 3.8) is 0 Å². The average Bonchev–Trinajstić information content (AvgIpc) is 2.35. The predicted molar refractivity (Wildman–Crippen MR) is 71.9 cm³/mol. The molecule has 1 rings (SSSR count). The molecule has 5 nitrogen and oxygen atoms in total. The number of benzene rings is 1. The minimum Gasteiger partial charge on any atom is -0.497 e. The van der Waals surface area contributed by atoms with Crippen molar-refractivity contribution >= 4 is 15.7 Å². The summed E-state index contributed by atoms with van der Waals surface area (Å²) in [5.74, 6) is 1.20. The lowest BCUT2D eigenvalue weighted by atomic mass is 10.3. The summed E-state index contributed by atoms with van der Waals surface area (Å²) < 4.78 is 36.2. The van der Waals surface area contributed by atoms with Crippen LogP contribution < -0.4 is 14.2 Å². The molecule has 0 fully saturated rings. The van der Waals surface area contributed by atoms with Gasteiger partial charge in [-0.2, -0.15) is 0 Å². The van der Waals surface area contributed by atoms with Crippen molar-refractivity contribution < 1.29 is 17.9 Å². The molecule has 102 valence electrons. The van der Waals surface area contributed by atoms with Crippen LogP contribution in [0.15, 0.2) is 18.2 Å². The largest absolute Gasteiger partial charge is 0.497 e. The monoisotopic (exact) mass is 273 g/mol. The number of unbranched alkanes of at least 4 members (excludes halogenated alkanes) is 1. The Labute approximate surface area is 108 Å². The first-order valence-electron chi connectivity index (χ1n) is 5.74. The van der Waals surface area contributed by atoms with E-state index < -0.39 is 10.0 Å². The van der Waals surface area contributed by atoms with Crippen LogP contribution in [0.3, 0.4) is 0 Å². The predicted octanol–water partition coefficient (Wildman–Crippen LogP) is 2.25. The van der Waals surface area contributed by atoms with E-state index in [4.69, 9.17) is 9.47 Å². The van der Waals surface area contributed by atoms with Gasteiger partial charge in [0, 0.05) is 18.2 Å². The molecule has 1 aromatic rings. The fraction of sp³-hybridized carbons (Fsp3) is 0.500. The molecule has 0 heterocycles. The second kappa shape index (κ2) is 6.49. The summed E-state index contributed by atoms with van der Waals surface area (Å²) in [7, 11) is -0.272. The van der Waals surface area contributed by atoms with Gasteiger partial charge in [0.15, 0.2) is 0 Å². The van der Waals surface area contributed by atoms with Gasteiger partial charge in [0.2, 0.25) is 10.0 Å². The number of hydrogen-bond donors (Lipinski definition) is 1. The van der Waals surface area contributed by atoms with Crippen LogP contribution in [0.5, 0.6) is 11.5 Å². The molecule has 1 aromatic carbocycles. The fourth-order valence-electron chi connectivity index (χ4n) is 1.43. The van der Waals surface area contributed by atoms with Crippen LogP contribution in [-0.4, -0.2) is 28.4 Å². The van der Waals surface area contributed by atoms with Crippen molar-refractivity contribution in [1.29, 1.82) is 0 Å². The third kappa shape index (κ3) is 4.44. The smallest absolute Gasteiger partial charge is 0.232 e. The summed E-state index contributed by atoms with van der Waals surface area (Å²) >= 11 is 0. The highest BCUT2D eigenvalue weighted by molar-refractivity contribution is 7.92. The second-order valence-electron chi connectivity index (χ2n) is 3.88. The van der Waals surface area contributed by atoms with Crippen LogP contribution in [0.2, 0.25) is 0 Å². The number of nitrogens with one attached hydrogen (secondary N) is 1. The molecular formula is C12H19NO4S. The summed E-state index contributed by atoms with van der Waals surface area (Å²) in [6, 6.07) is 4.92. The van der Waals surface area contributed by atoms with Gasteiger partial charge in [-0.15, -0.1) is 0 Å². The molecule has 0 saturated heterocycles. The lowest BCUT2D eigenvalue weighted by Gasteiger charge is -2.11. The minimum absolute atomic E-state index is 0.114. The molecule has 0 aromatic heterocycles. The van der Waals surface area contributed by atoms with Gasteiger partial charge in [-0.05, 0) is 6.42 Å². The third-order valence-corrected chi connectivity index (χ3v) is 3.76. The Hall–Kier alpha value is -1.43. The van der Waals surface area contributed by atoms with E-state index in [0.29, 0.717) is 23.6 Å². The summed E-state index contributed by atoms with van der Waals surface area (Å²) in [5, 5.41) is 0. The first-order chi connectivity index (χ1) is 8.50. The van der Waals surface area contributed by atoms with Crippen molar-refractivity contribution in [3.05, 3.63) is 18.2 Å². The molecule has 0 aliphatic rings. The van der Waals surface area contributed by atoms with Gasteiger partial charge in [0.1, 0.15) is 11.5 Å². The zero-order valence-electron chi connectivity index (χ0n) is 10.9. The molecule has 6 heteroatoms. The topological polar surface area (TPSA) is 64.6 Å². The molecule has 1 N–H and O–H groups in total. The highest BCUT2D eigenvalue weighted by Crippen LogP contribution is 2.26. The van der Waals surface area contributed by atoms with E-state index in [1.165, 1.54) is 14.2 Å². The van der Waals surface area contributed by atoms with E-state index in [1.807, 2.05) is 6.92 Å². The summed E-state index contributed by atoms with van der Waals surface area (Å²) in [4.78, 5) is 0. The van der Waals surface area contributed by atoms with Crippen LogP contribution in [0, 0.1) is 0 Å². The molecule has 0 spiro atoms. The molecule has 0 bridgehead atoms. The van der Waals surface area contributed by atoms with Gasteiger partial charge in [-0.1, -0.05) is 13.3 Å². The standard InChI is InChI=1S/C12H19NO4S/c1-4-5-6-18(14,15)13-10-7-11(16-2)9-12(8-10)17-3/h7-9,13H,4-6H2,1-3H3. The zero-order chi connectivity index (χ0) is 13.6.